The molecule has 1 aromatic heterocycles. The van der Waals surface area contributed by atoms with Gasteiger partial charge in [0.05, 0.1) is 37.9 Å². The first-order valence-electron chi connectivity index (χ1n) is 12.6. The zero-order valence-electron chi connectivity index (χ0n) is 22.8. The number of fused-ring (bicyclic) bond motifs is 1. The predicted octanol–water partition coefficient (Wildman–Crippen LogP) is 4.46. The van der Waals surface area contributed by atoms with Crippen molar-refractivity contribution in [3.63, 3.8) is 0 Å². The number of aromatic nitrogens is 2. The summed E-state index contributed by atoms with van der Waals surface area (Å²) in [5.41, 5.74) is 2.21. The van der Waals surface area contributed by atoms with Crippen molar-refractivity contribution in [2.75, 3.05) is 44.5 Å². The van der Waals surface area contributed by atoms with E-state index < -0.39 is 23.9 Å². The first-order chi connectivity index (χ1) is 19.3. The molecule has 0 bridgehead atoms. The SMILES string of the molecule is CCOC(=O)CC(C(=O)OCC)N(C)C(=O)C=CCNc1cc2c(Nc3cccc(Br)c3)ncnc2cc1OC. The molecule has 0 spiro atoms. The van der Waals surface area contributed by atoms with Crippen molar-refractivity contribution in [3.8, 4) is 5.75 Å². The number of halogens is 1. The molecule has 0 aliphatic rings. The van der Waals surface area contributed by atoms with Crippen molar-refractivity contribution < 1.29 is 28.6 Å². The molecule has 0 fully saturated rings. The number of carbonyl (C=O) groups excluding carboxylic acids is 3. The molecule has 1 atom stereocenters. The van der Waals surface area contributed by atoms with Gasteiger partial charge in [-0.25, -0.2) is 14.8 Å². The molecule has 2 aromatic carbocycles. The lowest BCUT2D eigenvalue weighted by atomic mass is 10.1. The number of hydrogen-bond acceptors (Lipinski definition) is 10. The molecule has 40 heavy (non-hydrogen) atoms. The average molecular weight is 614 g/mol. The highest BCUT2D eigenvalue weighted by Gasteiger charge is 2.30. The highest BCUT2D eigenvalue weighted by Crippen LogP contribution is 2.33. The number of nitrogens with one attached hydrogen (secondary N) is 2. The molecule has 11 nitrogen and oxygen atoms in total. The third-order valence-electron chi connectivity index (χ3n) is 5.75. The van der Waals surface area contributed by atoms with Crippen LogP contribution in [0.5, 0.6) is 5.75 Å². The van der Waals surface area contributed by atoms with Crippen LogP contribution in [0.3, 0.4) is 0 Å². The maximum Gasteiger partial charge on any atom is 0.329 e. The van der Waals surface area contributed by atoms with E-state index in [1.807, 2.05) is 30.3 Å². The lowest BCUT2D eigenvalue weighted by molar-refractivity contribution is -0.158. The van der Waals surface area contributed by atoms with Crippen LogP contribution in [0.2, 0.25) is 0 Å². The highest BCUT2D eigenvalue weighted by atomic mass is 79.9. The van der Waals surface area contributed by atoms with E-state index in [0.29, 0.717) is 22.8 Å². The van der Waals surface area contributed by atoms with Gasteiger partial charge < -0.3 is 29.7 Å². The van der Waals surface area contributed by atoms with Gasteiger partial charge in [-0.2, -0.15) is 0 Å². The third kappa shape index (κ3) is 8.15. The number of methoxy groups -OCH3 is 1. The fraction of sp³-hybridized carbons (Fsp3) is 0.321. The molecule has 2 N–H and O–H groups in total. The minimum absolute atomic E-state index is 0.124. The quantitative estimate of drug-likeness (QED) is 0.210. The zero-order valence-corrected chi connectivity index (χ0v) is 24.4. The van der Waals surface area contributed by atoms with E-state index in [1.165, 1.54) is 24.4 Å². The van der Waals surface area contributed by atoms with E-state index in [2.05, 4.69) is 36.5 Å². The van der Waals surface area contributed by atoms with Crippen molar-refractivity contribution in [1.29, 1.82) is 0 Å². The molecule has 0 radical (unpaired) electrons. The number of anilines is 3. The number of hydrogen-bond donors (Lipinski definition) is 2. The van der Waals surface area contributed by atoms with E-state index in [4.69, 9.17) is 14.2 Å². The summed E-state index contributed by atoms with van der Waals surface area (Å²) in [4.78, 5) is 47.1. The summed E-state index contributed by atoms with van der Waals surface area (Å²) < 4.78 is 16.4. The smallest absolute Gasteiger partial charge is 0.329 e. The fourth-order valence-electron chi connectivity index (χ4n) is 3.79. The summed E-state index contributed by atoms with van der Waals surface area (Å²) in [6.07, 6.45) is 4.11. The summed E-state index contributed by atoms with van der Waals surface area (Å²) in [6, 6.07) is 10.3. The number of nitrogens with zero attached hydrogens (tertiary/aromatic N) is 3. The second kappa shape index (κ2) is 14.8. The van der Waals surface area contributed by atoms with Crippen LogP contribution in [0.15, 0.2) is 59.4 Å². The van der Waals surface area contributed by atoms with Crippen LogP contribution in [-0.4, -0.2) is 72.7 Å². The standard InChI is InChI=1S/C28H32BrN5O6/c1-5-39-26(36)16-23(28(37)40-6-2)34(3)25(35)11-8-12-30-22-14-20-21(15-24(22)38-4)31-17-32-27(20)33-19-10-7-9-18(29)13-19/h7-11,13-15,17,23,30H,5-6,12,16H2,1-4H3,(H,31,32,33). The number of ether oxygens (including phenoxy) is 3. The summed E-state index contributed by atoms with van der Waals surface area (Å²) in [5.74, 6) is -0.551. The van der Waals surface area contributed by atoms with Gasteiger partial charge >= 0.3 is 11.9 Å². The number of likely N-dealkylation sites (N-methyl/N-ethyl adjacent to an activating group) is 1. The van der Waals surface area contributed by atoms with Crippen LogP contribution < -0.4 is 15.4 Å². The number of esters is 2. The van der Waals surface area contributed by atoms with Gasteiger partial charge in [0.2, 0.25) is 5.91 Å². The summed E-state index contributed by atoms with van der Waals surface area (Å²) >= 11 is 3.47. The molecule has 1 unspecified atom stereocenters. The van der Waals surface area contributed by atoms with Crippen molar-refractivity contribution in [2.24, 2.45) is 0 Å². The average Bonchev–Trinajstić information content (AvgIpc) is 2.93. The molecule has 0 aliphatic carbocycles. The topological polar surface area (TPSA) is 132 Å². The van der Waals surface area contributed by atoms with Crippen LogP contribution in [0.25, 0.3) is 10.9 Å². The molecule has 1 amide bonds. The Hall–Kier alpha value is -4.19. The van der Waals surface area contributed by atoms with E-state index >= 15 is 0 Å². The van der Waals surface area contributed by atoms with Gasteiger partial charge in [-0.1, -0.05) is 28.1 Å². The third-order valence-corrected chi connectivity index (χ3v) is 6.25. The molecule has 3 rings (SSSR count). The van der Waals surface area contributed by atoms with Crippen molar-refractivity contribution in [1.82, 2.24) is 14.9 Å². The number of benzene rings is 2. The fourth-order valence-corrected chi connectivity index (χ4v) is 4.19. The van der Waals surface area contributed by atoms with Gasteiger partial charge in [0.25, 0.3) is 0 Å². The van der Waals surface area contributed by atoms with E-state index in [9.17, 15) is 14.4 Å². The van der Waals surface area contributed by atoms with E-state index in [-0.39, 0.29) is 26.2 Å². The Morgan fingerprint density at radius 3 is 2.58 bits per heavy atom. The monoisotopic (exact) mass is 613 g/mol. The minimum Gasteiger partial charge on any atom is -0.495 e. The van der Waals surface area contributed by atoms with Crippen LogP contribution in [0.4, 0.5) is 17.2 Å². The van der Waals surface area contributed by atoms with Crippen LogP contribution in [0, 0.1) is 0 Å². The number of rotatable bonds is 13. The van der Waals surface area contributed by atoms with Gasteiger partial charge in [0.1, 0.15) is 23.9 Å². The molecule has 3 aromatic rings. The maximum absolute atomic E-state index is 12.8. The molecular formula is C28H32BrN5O6. The second-order valence-corrected chi connectivity index (χ2v) is 9.35. The summed E-state index contributed by atoms with van der Waals surface area (Å²) in [7, 11) is 2.99. The van der Waals surface area contributed by atoms with E-state index in [0.717, 1.165) is 15.5 Å². The van der Waals surface area contributed by atoms with Crippen molar-refractivity contribution in [2.45, 2.75) is 26.3 Å². The van der Waals surface area contributed by atoms with Gasteiger partial charge in [-0.15, -0.1) is 0 Å². The predicted molar refractivity (Wildman–Crippen MR) is 156 cm³/mol. The Morgan fingerprint density at radius 2 is 1.88 bits per heavy atom. The highest BCUT2D eigenvalue weighted by molar-refractivity contribution is 9.10. The van der Waals surface area contributed by atoms with Gasteiger partial charge in [-0.05, 0) is 38.1 Å². The molecule has 1 heterocycles. The molecule has 0 saturated carbocycles. The van der Waals surface area contributed by atoms with E-state index in [1.54, 1.807) is 33.1 Å². The first-order valence-corrected chi connectivity index (χ1v) is 13.4. The normalized spacial score (nSPS) is 11.6. The molecule has 212 valence electrons. The Kier molecular flexibility index (Phi) is 11.2. The maximum atomic E-state index is 12.8. The molecule has 0 aliphatic heterocycles. The van der Waals surface area contributed by atoms with Crippen LogP contribution >= 0.6 is 15.9 Å². The Bertz CT molecular complexity index is 1380. The van der Waals surface area contributed by atoms with Crippen molar-refractivity contribution >= 4 is 61.9 Å². The van der Waals surface area contributed by atoms with Crippen LogP contribution in [0.1, 0.15) is 20.3 Å². The number of amides is 1. The lowest BCUT2D eigenvalue weighted by Gasteiger charge is -2.24. The summed E-state index contributed by atoms with van der Waals surface area (Å²) in [6.45, 7) is 3.88. The van der Waals surface area contributed by atoms with Crippen molar-refractivity contribution in [3.05, 3.63) is 59.4 Å². The second-order valence-electron chi connectivity index (χ2n) is 8.44. The van der Waals surface area contributed by atoms with Gasteiger partial charge in [0, 0.05) is 41.3 Å². The lowest BCUT2D eigenvalue weighted by Crippen LogP contribution is -2.44. The Labute approximate surface area is 241 Å². The van der Waals surface area contributed by atoms with Gasteiger partial charge in [0.15, 0.2) is 0 Å². The zero-order chi connectivity index (χ0) is 29.1. The summed E-state index contributed by atoms with van der Waals surface area (Å²) in [5, 5.41) is 7.31. The van der Waals surface area contributed by atoms with Gasteiger partial charge in [-0.3, -0.25) is 9.59 Å². The Morgan fingerprint density at radius 1 is 1.10 bits per heavy atom. The molecule has 0 saturated heterocycles. The number of carbonyl (C=O) groups is 3. The van der Waals surface area contributed by atoms with Crippen LogP contribution in [-0.2, 0) is 23.9 Å². The molecular weight excluding hydrogens is 582 g/mol. The first kappa shape index (κ1) is 30.4. The Balaban J connectivity index is 1.74. The minimum atomic E-state index is -1.10. The largest absolute Gasteiger partial charge is 0.495 e. The molecule has 12 heteroatoms.